The van der Waals surface area contributed by atoms with Crippen LogP contribution in [0.4, 0.5) is 11.4 Å². The number of hydrogen-bond donors (Lipinski definition) is 1. The number of benzene rings is 1. The van der Waals surface area contributed by atoms with E-state index in [2.05, 4.69) is 5.32 Å². The number of carbonyl (C=O) groups excluding carboxylic acids is 1. The van der Waals surface area contributed by atoms with Crippen LogP contribution in [0.3, 0.4) is 0 Å². The van der Waals surface area contributed by atoms with E-state index >= 15 is 0 Å². The summed E-state index contributed by atoms with van der Waals surface area (Å²) in [6.45, 7) is 0.545. The van der Waals surface area contributed by atoms with Gasteiger partial charge in [0.05, 0.1) is 24.3 Å². The maximum absolute atomic E-state index is 12.3. The number of pyridine rings is 1. The molecule has 1 aliphatic rings. The van der Waals surface area contributed by atoms with Gasteiger partial charge in [-0.05, 0) is 12.1 Å². The van der Waals surface area contributed by atoms with E-state index in [1.54, 1.807) is 24.3 Å². The SMILES string of the molecule is N#Cc1cc([N+](=O)[O-])cn(CC(=O)Nc2ccc3c(c2)OCCCO3)c1=O. The summed E-state index contributed by atoms with van der Waals surface area (Å²) in [5.41, 5.74) is -1.22. The molecular weight excluding hydrogens is 356 g/mol. The van der Waals surface area contributed by atoms with Gasteiger partial charge in [0.1, 0.15) is 18.2 Å². The number of nitrogens with one attached hydrogen (secondary N) is 1. The highest BCUT2D eigenvalue weighted by Gasteiger charge is 2.16. The molecule has 2 heterocycles. The Morgan fingerprint density at radius 1 is 1.30 bits per heavy atom. The minimum Gasteiger partial charge on any atom is -0.490 e. The second-order valence-corrected chi connectivity index (χ2v) is 5.67. The van der Waals surface area contributed by atoms with Crippen molar-refractivity contribution in [2.24, 2.45) is 0 Å². The molecule has 0 radical (unpaired) electrons. The molecule has 138 valence electrons. The number of hydrogen-bond acceptors (Lipinski definition) is 7. The average molecular weight is 370 g/mol. The van der Waals surface area contributed by atoms with Crippen LogP contribution in [0.2, 0.25) is 0 Å². The highest BCUT2D eigenvalue weighted by atomic mass is 16.6. The minimum atomic E-state index is -0.781. The van der Waals surface area contributed by atoms with Gasteiger partial charge in [-0.15, -0.1) is 0 Å². The Labute approximate surface area is 152 Å². The Bertz CT molecular complexity index is 1010. The van der Waals surface area contributed by atoms with E-state index in [-0.39, 0.29) is 0 Å². The Hall–Kier alpha value is -3.87. The van der Waals surface area contributed by atoms with Crippen molar-refractivity contribution in [2.45, 2.75) is 13.0 Å². The molecule has 1 aromatic heterocycles. The first-order chi connectivity index (χ1) is 13.0. The number of carbonyl (C=O) groups is 1. The van der Waals surface area contributed by atoms with Crippen molar-refractivity contribution in [1.29, 1.82) is 5.26 Å². The summed E-state index contributed by atoms with van der Waals surface area (Å²) in [7, 11) is 0. The summed E-state index contributed by atoms with van der Waals surface area (Å²) in [6.07, 6.45) is 1.67. The Kier molecular flexibility index (Phi) is 5.03. The third-order valence-electron chi connectivity index (χ3n) is 3.75. The predicted octanol–water partition coefficient (Wildman–Crippen LogP) is 1.43. The fraction of sp³-hybridized carbons (Fsp3) is 0.235. The molecule has 0 aliphatic carbocycles. The van der Waals surface area contributed by atoms with E-state index in [0.717, 1.165) is 23.3 Å². The molecule has 3 rings (SSSR count). The van der Waals surface area contributed by atoms with Crippen molar-refractivity contribution in [3.63, 3.8) is 0 Å². The van der Waals surface area contributed by atoms with Crippen LogP contribution in [0.25, 0.3) is 0 Å². The smallest absolute Gasteiger partial charge is 0.287 e. The number of nitro groups is 1. The number of amides is 1. The predicted molar refractivity (Wildman–Crippen MR) is 92.8 cm³/mol. The fourth-order valence-corrected chi connectivity index (χ4v) is 2.51. The molecule has 1 aliphatic heterocycles. The van der Waals surface area contributed by atoms with E-state index in [1.165, 1.54) is 0 Å². The molecule has 27 heavy (non-hydrogen) atoms. The first-order valence-corrected chi connectivity index (χ1v) is 7.96. The van der Waals surface area contributed by atoms with Crippen molar-refractivity contribution >= 4 is 17.3 Å². The highest BCUT2D eigenvalue weighted by Crippen LogP contribution is 2.32. The van der Waals surface area contributed by atoms with Crippen LogP contribution in [0.5, 0.6) is 11.5 Å². The lowest BCUT2D eigenvalue weighted by molar-refractivity contribution is -0.385. The van der Waals surface area contributed by atoms with Gasteiger partial charge in [-0.2, -0.15) is 5.26 Å². The second kappa shape index (κ2) is 7.57. The lowest BCUT2D eigenvalue weighted by Gasteiger charge is -2.11. The third kappa shape index (κ3) is 4.04. The van der Waals surface area contributed by atoms with E-state index in [9.17, 15) is 19.7 Å². The monoisotopic (exact) mass is 370 g/mol. The van der Waals surface area contributed by atoms with Crippen molar-refractivity contribution in [3.05, 3.63) is 56.5 Å². The van der Waals surface area contributed by atoms with Crippen LogP contribution in [0, 0.1) is 21.4 Å². The molecule has 1 amide bonds. The zero-order valence-electron chi connectivity index (χ0n) is 14.0. The molecule has 0 atom stereocenters. The second-order valence-electron chi connectivity index (χ2n) is 5.67. The van der Waals surface area contributed by atoms with Crippen LogP contribution < -0.4 is 20.3 Å². The van der Waals surface area contributed by atoms with Crippen molar-refractivity contribution in [2.75, 3.05) is 18.5 Å². The molecule has 0 fully saturated rings. The van der Waals surface area contributed by atoms with Crippen LogP contribution in [0.15, 0.2) is 35.3 Å². The van der Waals surface area contributed by atoms with Gasteiger partial charge in [-0.3, -0.25) is 24.3 Å². The maximum Gasteiger partial charge on any atom is 0.287 e. The van der Waals surface area contributed by atoms with E-state index < -0.39 is 34.2 Å². The number of fused-ring (bicyclic) bond motifs is 1. The van der Waals surface area contributed by atoms with Crippen LogP contribution in [-0.2, 0) is 11.3 Å². The summed E-state index contributed by atoms with van der Waals surface area (Å²) >= 11 is 0. The van der Waals surface area contributed by atoms with Crippen LogP contribution in [0.1, 0.15) is 12.0 Å². The molecule has 0 saturated heterocycles. The summed E-state index contributed by atoms with van der Waals surface area (Å²) in [6, 6.07) is 7.33. The van der Waals surface area contributed by atoms with Crippen molar-refractivity contribution in [3.8, 4) is 17.6 Å². The third-order valence-corrected chi connectivity index (χ3v) is 3.75. The Morgan fingerprint density at radius 3 is 2.74 bits per heavy atom. The lowest BCUT2D eigenvalue weighted by Crippen LogP contribution is -2.29. The van der Waals surface area contributed by atoms with Crippen molar-refractivity contribution < 1.29 is 19.2 Å². The summed E-state index contributed by atoms with van der Waals surface area (Å²) < 4.78 is 11.9. The molecule has 0 spiro atoms. The zero-order valence-corrected chi connectivity index (χ0v) is 14.0. The summed E-state index contributed by atoms with van der Waals surface area (Å²) in [5, 5.41) is 22.5. The maximum atomic E-state index is 12.3. The van der Waals surface area contributed by atoms with Gasteiger partial charge in [0, 0.05) is 24.2 Å². The molecule has 0 bridgehead atoms. The van der Waals surface area contributed by atoms with Gasteiger partial charge in [-0.1, -0.05) is 0 Å². The standard InChI is InChI=1S/C17H14N4O6/c18-8-11-6-13(21(24)25)9-20(17(11)23)10-16(22)19-12-2-3-14-15(7-12)27-5-1-4-26-14/h2-3,6-7,9H,1,4-5,10H2,(H,19,22). The molecule has 10 heteroatoms. The zero-order chi connectivity index (χ0) is 19.4. The van der Waals surface area contributed by atoms with Gasteiger partial charge in [0.25, 0.3) is 11.2 Å². The van der Waals surface area contributed by atoms with Gasteiger partial charge in [0.2, 0.25) is 5.91 Å². The number of rotatable bonds is 4. The number of nitrogens with zero attached hydrogens (tertiary/aromatic N) is 3. The van der Waals surface area contributed by atoms with E-state index in [1.807, 2.05) is 0 Å². The molecule has 0 unspecified atom stereocenters. The molecule has 0 saturated carbocycles. The molecular formula is C17H14N4O6. The normalized spacial score (nSPS) is 12.6. The molecule has 2 aromatic rings. The highest BCUT2D eigenvalue weighted by molar-refractivity contribution is 5.91. The Morgan fingerprint density at radius 2 is 2.04 bits per heavy atom. The van der Waals surface area contributed by atoms with Gasteiger partial charge in [-0.25, -0.2) is 0 Å². The first kappa shape index (κ1) is 17.9. The first-order valence-electron chi connectivity index (χ1n) is 7.96. The molecule has 1 N–H and O–H groups in total. The summed E-state index contributed by atoms with van der Waals surface area (Å²) in [4.78, 5) is 34.5. The molecule has 1 aromatic carbocycles. The average Bonchev–Trinajstić information content (AvgIpc) is 2.88. The summed E-state index contributed by atoms with van der Waals surface area (Å²) in [5.74, 6) is 0.472. The minimum absolute atomic E-state index is 0.410. The van der Waals surface area contributed by atoms with E-state index in [0.29, 0.717) is 30.4 Å². The Balaban J connectivity index is 1.79. The lowest BCUT2D eigenvalue weighted by atomic mass is 10.2. The fourth-order valence-electron chi connectivity index (χ4n) is 2.51. The number of ether oxygens (including phenoxy) is 2. The van der Waals surface area contributed by atoms with Crippen LogP contribution >= 0.6 is 0 Å². The number of aromatic nitrogens is 1. The van der Waals surface area contributed by atoms with Crippen LogP contribution in [-0.4, -0.2) is 28.6 Å². The number of anilines is 1. The quantitative estimate of drug-likeness (QED) is 0.635. The van der Waals surface area contributed by atoms with Crippen molar-refractivity contribution in [1.82, 2.24) is 4.57 Å². The van der Waals surface area contributed by atoms with Gasteiger partial charge >= 0.3 is 0 Å². The van der Waals surface area contributed by atoms with Gasteiger partial charge in [0.15, 0.2) is 11.5 Å². The van der Waals surface area contributed by atoms with Gasteiger partial charge < -0.3 is 14.8 Å². The van der Waals surface area contributed by atoms with E-state index in [4.69, 9.17) is 14.7 Å². The topological polar surface area (TPSA) is 136 Å². The largest absolute Gasteiger partial charge is 0.490 e. The number of nitriles is 1. The molecule has 10 nitrogen and oxygen atoms in total.